The maximum absolute atomic E-state index is 6.43. The summed E-state index contributed by atoms with van der Waals surface area (Å²) in [5, 5.41) is 0.700. The Morgan fingerprint density at radius 2 is 1.76 bits per heavy atom. The zero-order chi connectivity index (χ0) is 15.6. The Bertz CT molecular complexity index is 661. The van der Waals surface area contributed by atoms with Crippen LogP contribution < -0.4 is 15.2 Å². The van der Waals surface area contributed by atoms with Crippen molar-refractivity contribution in [2.75, 3.05) is 14.2 Å². The van der Waals surface area contributed by atoms with Gasteiger partial charge in [-0.1, -0.05) is 23.7 Å². The molecule has 0 spiro atoms. The largest absolute Gasteiger partial charge is 0.496 e. The minimum atomic E-state index is -0.347. The molecule has 0 aliphatic carbocycles. The molecule has 0 bridgehead atoms. The van der Waals surface area contributed by atoms with Gasteiger partial charge in [-0.2, -0.15) is 0 Å². The second-order valence-electron chi connectivity index (χ2n) is 4.66. The third-order valence-corrected chi connectivity index (χ3v) is 4.51. The van der Waals surface area contributed by atoms with Crippen molar-refractivity contribution in [2.45, 2.75) is 13.0 Å². The number of hydrogen-bond donors (Lipinski definition) is 1. The molecule has 0 radical (unpaired) electrons. The molecular formula is C16H17BrClNO2. The van der Waals surface area contributed by atoms with Gasteiger partial charge in [0.15, 0.2) is 0 Å². The summed E-state index contributed by atoms with van der Waals surface area (Å²) >= 11 is 9.63. The second-order valence-corrected chi connectivity index (χ2v) is 5.92. The maximum atomic E-state index is 6.43. The average Bonchev–Trinajstić information content (AvgIpc) is 2.49. The number of rotatable bonds is 4. The van der Waals surface area contributed by atoms with Gasteiger partial charge in [0.2, 0.25) is 0 Å². The highest BCUT2D eigenvalue weighted by Crippen LogP contribution is 2.38. The Balaban J connectivity index is 2.56. The van der Waals surface area contributed by atoms with Crippen LogP contribution in [-0.2, 0) is 0 Å². The van der Waals surface area contributed by atoms with E-state index in [1.54, 1.807) is 14.2 Å². The summed E-state index contributed by atoms with van der Waals surface area (Å²) in [5.41, 5.74) is 9.21. The molecule has 2 aromatic carbocycles. The molecule has 0 fully saturated rings. The van der Waals surface area contributed by atoms with E-state index in [9.17, 15) is 0 Å². The first-order chi connectivity index (χ1) is 9.99. The first-order valence-corrected chi connectivity index (χ1v) is 7.58. The Morgan fingerprint density at radius 1 is 1.10 bits per heavy atom. The van der Waals surface area contributed by atoms with Gasteiger partial charge >= 0.3 is 0 Å². The summed E-state index contributed by atoms with van der Waals surface area (Å²) in [6.45, 7) is 1.96. The van der Waals surface area contributed by atoms with Crippen LogP contribution in [0.5, 0.6) is 11.5 Å². The fourth-order valence-corrected chi connectivity index (χ4v) is 2.92. The zero-order valence-corrected chi connectivity index (χ0v) is 14.5. The van der Waals surface area contributed by atoms with E-state index in [4.69, 9.17) is 26.8 Å². The Kier molecular flexibility index (Phi) is 5.14. The third kappa shape index (κ3) is 3.18. The third-order valence-electron chi connectivity index (χ3n) is 3.48. The van der Waals surface area contributed by atoms with Gasteiger partial charge in [-0.15, -0.1) is 0 Å². The van der Waals surface area contributed by atoms with Gasteiger partial charge in [0.05, 0.1) is 24.7 Å². The van der Waals surface area contributed by atoms with Crippen LogP contribution in [0.2, 0.25) is 5.02 Å². The minimum Gasteiger partial charge on any atom is -0.496 e. The fraction of sp³-hybridized carbons (Fsp3) is 0.250. The van der Waals surface area contributed by atoms with Crippen LogP contribution in [0.4, 0.5) is 0 Å². The fourth-order valence-electron chi connectivity index (χ4n) is 2.26. The van der Waals surface area contributed by atoms with Gasteiger partial charge < -0.3 is 15.2 Å². The molecule has 3 nitrogen and oxygen atoms in total. The summed E-state index contributed by atoms with van der Waals surface area (Å²) in [4.78, 5) is 0. The van der Waals surface area contributed by atoms with Crippen LogP contribution in [0.25, 0.3) is 0 Å². The van der Waals surface area contributed by atoms with Crippen LogP contribution in [0.1, 0.15) is 22.7 Å². The second kappa shape index (κ2) is 6.69. The van der Waals surface area contributed by atoms with Crippen molar-refractivity contribution in [1.29, 1.82) is 0 Å². The lowest BCUT2D eigenvalue weighted by Gasteiger charge is -2.20. The predicted octanol–water partition coefficient (Wildman–Crippen LogP) is 4.48. The highest BCUT2D eigenvalue weighted by molar-refractivity contribution is 9.10. The highest BCUT2D eigenvalue weighted by Gasteiger charge is 2.19. The van der Waals surface area contributed by atoms with E-state index in [1.807, 2.05) is 37.3 Å². The van der Waals surface area contributed by atoms with Crippen LogP contribution in [0.15, 0.2) is 34.8 Å². The quantitative estimate of drug-likeness (QED) is 0.863. The molecule has 2 aromatic rings. The number of nitrogens with two attached hydrogens (primary N) is 1. The highest BCUT2D eigenvalue weighted by atomic mass is 79.9. The molecule has 2 rings (SSSR count). The van der Waals surface area contributed by atoms with Crippen molar-refractivity contribution in [3.05, 3.63) is 56.5 Å². The molecule has 5 heteroatoms. The summed E-state index contributed by atoms with van der Waals surface area (Å²) < 4.78 is 11.6. The van der Waals surface area contributed by atoms with Crippen LogP contribution in [-0.4, -0.2) is 14.2 Å². The van der Waals surface area contributed by atoms with Crippen molar-refractivity contribution in [1.82, 2.24) is 0 Å². The lowest BCUT2D eigenvalue weighted by molar-refractivity contribution is 0.395. The molecule has 112 valence electrons. The first-order valence-electron chi connectivity index (χ1n) is 6.41. The van der Waals surface area contributed by atoms with E-state index < -0.39 is 0 Å². The normalized spacial score (nSPS) is 12.1. The summed E-state index contributed by atoms with van der Waals surface area (Å²) in [6, 6.07) is 9.11. The smallest absolute Gasteiger partial charge is 0.133 e. The van der Waals surface area contributed by atoms with Gasteiger partial charge in [0, 0.05) is 10.6 Å². The number of halogens is 2. The van der Waals surface area contributed by atoms with E-state index >= 15 is 0 Å². The zero-order valence-electron chi connectivity index (χ0n) is 12.1. The predicted molar refractivity (Wildman–Crippen MR) is 89.5 cm³/mol. The average molecular weight is 371 g/mol. The standard InChI is InChI=1S/C16H17BrClNO2/c1-9-10(5-4-6-13(9)18)16(19)11-7-15(21-3)12(17)8-14(11)20-2/h4-8,16H,19H2,1-3H3. The van der Waals surface area contributed by atoms with Crippen molar-refractivity contribution < 1.29 is 9.47 Å². The van der Waals surface area contributed by atoms with E-state index in [-0.39, 0.29) is 6.04 Å². The molecule has 21 heavy (non-hydrogen) atoms. The molecule has 1 unspecified atom stereocenters. The van der Waals surface area contributed by atoms with Crippen molar-refractivity contribution in [3.8, 4) is 11.5 Å². The van der Waals surface area contributed by atoms with Gasteiger partial charge in [0.25, 0.3) is 0 Å². The van der Waals surface area contributed by atoms with E-state index in [2.05, 4.69) is 15.9 Å². The van der Waals surface area contributed by atoms with E-state index in [0.717, 1.165) is 21.2 Å². The van der Waals surface area contributed by atoms with Gasteiger partial charge in [-0.05, 0) is 52.2 Å². The maximum Gasteiger partial charge on any atom is 0.133 e. The molecule has 0 aromatic heterocycles. The van der Waals surface area contributed by atoms with Crippen LogP contribution in [0, 0.1) is 6.92 Å². The van der Waals surface area contributed by atoms with Crippen LogP contribution in [0.3, 0.4) is 0 Å². The molecule has 0 amide bonds. The number of hydrogen-bond acceptors (Lipinski definition) is 3. The van der Waals surface area contributed by atoms with Crippen LogP contribution >= 0.6 is 27.5 Å². The Labute approximate surface area is 138 Å². The molecule has 0 aliphatic rings. The van der Waals surface area contributed by atoms with E-state index in [1.165, 1.54) is 0 Å². The molecule has 0 saturated carbocycles. The molecular weight excluding hydrogens is 354 g/mol. The SMILES string of the molecule is COc1cc(C(N)c2cccc(Cl)c2C)c(OC)cc1Br. The lowest BCUT2D eigenvalue weighted by atomic mass is 9.95. The van der Waals surface area contributed by atoms with Gasteiger partial charge in [-0.25, -0.2) is 0 Å². The lowest BCUT2D eigenvalue weighted by Crippen LogP contribution is -2.15. The molecule has 0 heterocycles. The number of ether oxygens (including phenoxy) is 2. The molecule has 0 aliphatic heterocycles. The molecule has 2 N–H and O–H groups in total. The summed E-state index contributed by atoms with van der Waals surface area (Å²) in [7, 11) is 3.24. The van der Waals surface area contributed by atoms with Gasteiger partial charge in [-0.3, -0.25) is 0 Å². The van der Waals surface area contributed by atoms with Crippen molar-refractivity contribution in [2.24, 2.45) is 5.73 Å². The van der Waals surface area contributed by atoms with Crippen molar-refractivity contribution >= 4 is 27.5 Å². The molecule has 1 atom stereocenters. The first kappa shape index (κ1) is 16.1. The van der Waals surface area contributed by atoms with E-state index in [0.29, 0.717) is 16.5 Å². The summed E-state index contributed by atoms with van der Waals surface area (Å²) in [6.07, 6.45) is 0. The monoisotopic (exact) mass is 369 g/mol. The van der Waals surface area contributed by atoms with Gasteiger partial charge in [0.1, 0.15) is 11.5 Å². The van der Waals surface area contributed by atoms with Crippen molar-refractivity contribution in [3.63, 3.8) is 0 Å². The number of methoxy groups -OCH3 is 2. The summed E-state index contributed by atoms with van der Waals surface area (Å²) in [5.74, 6) is 1.41. The topological polar surface area (TPSA) is 44.5 Å². The number of benzene rings is 2. The Hall–Kier alpha value is -1.23. The minimum absolute atomic E-state index is 0.347. The Morgan fingerprint density at radius 3 is 2.38 bits per heavy atom. The molecule has 0 saturated heterocycles.